The van der Waals surface area contributed by atoms with Gasteiger partial charge in [-0.3, -0.25) is 4.79 Å². The quantitative estimate of drug-likeness (QED) is 0.687. The van der Waals surface area contributed by atoms with Gasteiger partial charge < -0.3 is 11.1 Å². The van der Waals surface area contributed by atoms with Crippen molar-refractivity contribution in [1.82, 2.24) is 5.32 Å². The molecule has 5 heteroatoms. The molecule has 2 amide bonds. The summed E-state index contributed by atoms with van der Waals surface area (Å²) in [5.74, 6) is 0.0365. The monoisotopic (exact) mass is 222 g/mol. The van der Waals surface area contributed by atoms with E-state index in [2.05, 4.69) is 21.2 Å². The molecule has 0 aromatic carbocycles. The fraction of sp³-hybridized carbons (Fsp3) is 0.667. The first-order valence-electron chi connectivity index (χ1n) is 3.20. The Hall–Kier alpha value is -0.580. The van der Waals surface area contributed by atoms with Gasteiger partial charge in [0.05, 0.1) is 0 Å². The smallest absolute Gasteiger partial charge is 0.312 e. The summed E-state index contributed by atoms with van der Waals surface area (Å²) in [6.07, 6.45) is 0. The van der Waals surface area contributed by atoms with Crippen LogP contribution >= 0.6 is 15.9 Å². The van der Waals surface area contributed by atoms with E-state index in [9.17, 15) is 9.59 Å². The molecule has 0 spiro atoms. The third kappa shape index (κ3) is 3.98. The van der Waals surface area contributed by atoms with Crippen LogP contribution in [0.4, 0.5) is 4.79 Å². The van der Waals surface area contributed by atoms with E-state index in [0.717, 1.165) is 0 Å². The van der Waals surface area contributed by atoms with Crippen LogP contribution in [-0.4, -0.2) is 16.8 Å². The molecule has 4 nitrogen and oxygen atoms in total. The van der Waals surface area contributed by atoms with E-state index in [-0.39, 0.29) is 10.6 Å². The molecule has 1 unspecified atom stereocenters. The van der Waals surface area contributed by atoms with Gasteiger partial charge in [0.1, 0.15) is 6.04 Å². The number of urea groups is 1. The molecule has 64 valence electrons. The number of rotatable bonds is 3. The maximum Gasteiger partial charge on any atom is 0.312 e. The van der Waals surface area contributed by atoms with E-state index in [0.29, 0.717) is 0 Å². The van der Waals surface area contributed by atoms with E-state index < -0.39 is 12.1 Å². The number of primary amides is 1. The van der Waals surface area contributed by atoms with Crippen LogP contribution in [0.15, 0.2) is 0 Å². The number of carbonyl (C=O) groups is 2. The Morgan fingerprint density at radius 1 is 1.45 bits per heavy atom. The van der Waals surface area contributed by atoms with Crippen LogP contribution in [-0.2, 0) is 4.79 Å². The maximum absolute atomic E-state index is 10.8. The maximum atomic E-state index is 10.8. The number of halogens is 1. The molecule has 3 N–H and O–H groups in total. The predicted molar refractivity (Wildman–Crippen MR) is 45.3 cm³/mol. The van der Waals surface area contributed by atoms with Crippen LogP contribution in [0.1, 0.15) is 13.8 Å². The second-order valence-electron chi connectivity index (χ2n) is 2.53. The Kier molecular flexibility index (Phi) is 4.10. The Balaban J connectivity index is 4.12. The van der Waals surface area contributed by atoms with Gasteiger partial charge in [0.25, 0.3) is 0 Å². The Labute approximate surface area is 73.6 Å². The van der Waals surface area contributed by atoms with Crippen molar-refractivity contribution in [1.29, 1.82) is 0 Å². The van der Waals surface area contributed by atoms with Gasteiger partial charge in [0, 0.05) is 0 Å². The molecule has 0 aliphatic rings. The average molecular weight is 223 g/mol. The van der Waals surface area contributed by atoms with Gasteiger partial charge in [-0.1, -0.05) is 13.8 Å². The Morgan fingerprint density at radius 2 is 1.91 bits per heavy atom. The zero-order valence-electron chi connectivity index (χ0n) is 6.43. The molecule has 1 atom stereocenters. The van der Waals surface area contributed by atoms with Crippen LogP contribution in [0.2, 0.25) is 0 Å². The molecule has 0 radical (unpaired) electrons. The van der Waals surface area contributed by atoms with Gasteiger partial charge in [-0.15, -0.1) is 0 Å². The van der Waals surface area contributed by atoms with Crippen LogP contribution < -0.4 is 11.1 Å². The third-order valence-corrected chi connectivity index (χ3v) is 1.70. The largest absolute Gasteiger partial charge is 0.352 e. The first kappa shape index (κ1) is 10.4. The van der Waals surface area contributed by atoms with Gasteiger partial charge in [-0.2, -0.15) is 0 Å². The molecule has 0 saturated carbocycles. The second kappa shape index (κ2) is 4.33. The lowest BCUT2D eigenvalue weighted by Gasteiger charge is -2.16. The lowest BCUT2D eigenvalue weighted by atomic mass is 10.1. The van der Waals surface area contributed by atoms with E-state index in [1.807, 2.05) is 13.8 Å². The predicted octanol–water partition coefficient (Wildman–Crippen LogP) is 0.601. The number of nitrogens with two attached hydrogens (primary N) is 1. The van der Waals surface area contributed by atoms with Crippen molar-refractivity contribution in [2.45, 2.75) is 19.9 Å². The van der Waals surface area contributed by atoms with Crippen LogP contribution in [0.25, 0.3) is 0 Å². The van der Waals surface area contributed by atoms with E-state index >= 15 is 0 Å². The highest BCUT2D eigenvalue weighted by Gasteiger charge is 2.20. The van der Waals surface area contributed by atoms with E-state index in [1.165, 1.54) is 0 Å². The summed E-state index contributed by atoms with van der Waals surface area (Å²) >= 11 is 2.76. The Morgan fingerprint density at radius 3 is 2.00 bits per heavy atom. The van der Waals surface area contributed by atoms with Crippen molar-refractivity contribution in [3.63, 3.8) is 0 Å². The van der Waals surface area contributed by atoms with Gasteiger partial charge in [-0.05, 0) is 21.8 Å². The SMILES string of the molecule is CC(C)C(NC(N)=O)C(=O)Br. The van der Waals surface area contributed by atoms with Gasteiger partial charge in [-0.25, -0.2) is 4.79 Å². The lowest BCUT2D eigenvalue weighted by molar-refractivity contribution is -0.112. The Bertz CT molecular complexity index is 170. The number of hydrogen-bond donors (Lipinski definition) is 2. The highest BCUT2D eigenvalue weighted by Crippen LogP contribution is 2.05. The van der Waals surface area contributed by atoms with Gasteiger partial charge in [0.15, 0.2) is 0 Å². The first-order valence-corrected chi connectivity index (χ1v) is 3.99. The minimum atomic E-state index is -0.684. The molecule has 0 aromatic heterocycles. The average Bonchev–Trinajstić information content (AvgIpc) is 1.81. The molecule has 0 heterocycles. The minimum Gasteiger partial charge on any atom is -0.352 e. The molecule has 0 saturated heterocycles. The first-order chi connectivity index (χ1) is 4.95. The molecule has 0 aliphatic carbocycles. The standard InChI is InChI=1S/C6H11BrN2O2/c1-3(2)4(5(7)10)9-6(8)11/h3-4H,1-2H3,(H3,8,9,11). The summed E-state index contributed by atoms with van der Waals surface area (Å²) < 4.78 is -0.258. The van der Waals surface area contributed by atoms with Crippen molar-refractivity contribution in [2.75, 3.05) is 0 Å². The van der Waals surface area contributed by atoms with Gasteiger partial charge >= 0.3 is 6.03 Å². The topological polar surface area (TPSA) is 72.2 Å². The van der Waals surface area contributed by atoms with Crippen LogP contribution in [0.3, 0.4) is 0 Å². The molecular formula is C6H11BrN2O2. The highest BCUT2D eigenvalue weighted by atomic mass is 79.9. The van der Waals surface area contributed by atoms with Crippen molar-refractivity contribution in [3.05, 3.63) is 0 Å². The van der Waals surface area contributed by atoms with E-state index in [4.69, 9.17) is 5.73 Å². The molecule has 0 aromatic rings. The summed E-state index contributed by atoms with van der Waals surface area (Å²) in [7, 11) is 0. The molecule has 0 bridgehead atoms. The summed E-state index contributed by atoms with van der Waals surface area (Å²) in [4.78, 5) is 21.1. The summed E-state index contributed by atoms with van der Waals surface area (Å²) in [6.45, 7) is 3.64. The van der Waals surface area contributed by atoms with Crippen LogP contribution in [0.5, 0.6) is 0 Å². The fourth-order valence-electron chi connectivity index (χ4n) is 0.639. The zero-order chi connectivity index (χ0) is 9.02. The summed E-state index contributed by atoms with van der Waals surface area (Å²) in [5.41, 5.74) is 4.85. The molecule has 11 heavy (non-hydrogen) atoms. The molecular weight excluding hydrogens is 212 g/mol. The normalized spacial score (nSPS) is 12.7. The molecule has 0 rings (SSSR count). The number of carbonyl (C=O) groups excluding carboxylic acids is 2. The van der Waals surface area contributed by atoms with Gasteiger partial charge in [0.2, 0.25) is 4.69 Å². The molecule has 0 aliphatic heterocycles. The fourth-order valence-corrected chi connectivity index (χ4v) is 1.28. The van der Waals surface area contributed by atoms with Crippen molar-refractivity contribution < 1.29 is 9.59 Å². The van der Waals surface area contributed by atoms with Crippen molar-refractivity contribution in [3.8, 4) is 0 Å². The highest BCUT2D eigenvalue weighted by molar-refractivity contribution is 9.18. The number of nitrogens with one attached hydrogen (secondary N) is 1. The molecule has 0 fully saturated rings. The van der Waals surface area contributed by atoms with E-state index in [1.54, 1.807) is 0 Å². The second-order valence-corrected chi connectivity index (χ2v) is 3.32. The van der Waals surface area contributed by atoms with Crippen LogP contribution in [0, 0.1) is 5.92 Å². The summed E-state index contributed by atoms with van der Waals surface area (Å²) in [5, 5.41) is 2.32. The lowest BCUT2D eigenvalue weighted by Crippen LogP contribution is -2.44. The third-order valence-electron chi connectivity index (χ3n) is 1.21. The number of amides is 2. The number of hydrogen-bond acceptors (Lipinski definition) is 2. The minimum absolute atomic E-state index is 0.0365. The summed E-state index contributed by atoms with van der Waals surface area (Å²) in [6, 6.07) is -1.22. The van der Waals surface area contributed by atoms with Crippen molar-refractivity contribution >= 4 is 26.7 Å². The zero-order valence-corrected chi connectivity index (χ0v) is 8.01. The van der Waals surface area contributed by atoms with Crippen molar-refractivity contribution in [2.24, 2.45) is 11.7 Å².